The van der Waals surface area contributed by atoms with E-state index >= 15 is 0 Å². The van der Waals surface area contributed by atoms with Crippen LogP contribution < -0.4 is 5.32 Å². The van der Waals surface area contributed by atoms with Crippen molar-refractivity contribution in [1.82, 2.24) is 10.2 Å². The van der Waals surface area contributed by atoms with Gasteiger partial charge in [0.1, 0.15) is 5.82 Å². The number of carbonyl (C=O) groups is 2. The lowest BCUT2D eigenvalue weighted by Gasteiger charge is -2.44. The minimum absolute atomic E-state index is 0.0283. The van der Waals surface area contributed by atoms with Crippen molar-refractivity contribution in [1.29, 1.82) is 0 Å². The van der Waals surface area contributed by atoms with Crippen molar-refractivity contribution in [3.8, 4) is 0 Å². The van der Waals surface area contributed by atoms with Gasteiger partial charge >= 0.3 is 0 Å². The molecular formula is C28H31FN2O2S. The van der Waals surface area contributed by atoms with Crippen LogP contribution in [-0.2, 0) is 11.3 Å². The largest absolute Gasteiger partial charge is 0.349 e. The Hall–Kier alpha value is -2.60. The Bertz CT molecular complexity index is 1080. The Kier molecular flexibility index (Phi) is 7.05. The van der Waals surface area contributed by atoms with Crippen LogP contribution in [0.5, 0.6) is 0 Å². The molecule has 4 nitrogen and oxygen atoms in total. The highest BCUT2D eigenvalue weighted by Gasteiger charge is 2.40. The summed E-state index contributed by atoms with van der Waals surface area (Å²) in [5, 5.41) is 3.45. The molecule has 0 spiro atoms. The van der Waals surface area contributed by atoms with Gasteiger partial charge in [0.05, 0.1) is 4.91 Å². The van der Waals surface area contributed by atoms with E-state index in [1.807, 2.05) is 41.3 Å². The second kappa shape index (κ2) is 10.3. The van der Waals surface area contributed by atoms with E-state index in [-0.39, 0.29) is 29.7 Å². The molecule has 0 bridgehead atoms. The van der Waals surface area contributed by atoms with Crippen molar-refractivity contribution < 1.29 is 14.0 Å². The number of halogens is 1. The average molecular weight is 479 g/mol. The fourth-order valence-corrected chi connectivity index (χ4v) is 6.87. The third kappa shape index (κ3) is 5.07. The van der Waals surface area contributed by atoms with E-state index in [2.05, 4.69) is 5.32 Å². The number of nitrogens with zero attached hydrogens (tertiary/aromatic N) is 1. The van der Waals surface area contributed by atoms with Gasteiger partial charge in [-0.2, -0.15) is 0 Å². The lowest BCUT2D eigenvalue weighted by Crippen LogP contribution is -2.50. The molecule has 2 unspecified atom stereocenters. The molecule has 2 atom stereocenters. The molecule has 2 aromatic rings. The van der Waals surface area contributed by atoms with Crippen molar-refractivity contribution in [3.63, 3.8) is 0 Å². The van der Waals surface area contributed by atoms with Crippen molar-refractivity contribution >= 4 is 29.7 Å². The highest BCUT2D eigenvalue weighted by Crippen LogP contribution is 2.42. The summed E-state index contributed by atoms with van der Waals surface area (Å²) in [6, 6.07) is 14.6. The quantitative estimate of drug-likeness (QED) is 0.542. The van der Waals surface area contributed by atoms with Crippen LogP contribution in [0.25, 0.3) is 6.08 Å². The van der Waals surface area contributed by atoms with Crippen LogP contribution in [0.1, 0.15) is 72.9 Å². The summed E-state index contributed by atoms with van der Waals surface area (Å²) in [5.74, 6) is -0.326. The first kappa shape index (κ1) is 23.2. The lowest BCUT2D eigenvalue weighted by molar-refractivity contribution is -0.130. The topological polar surface area (TPSA) is 49.4 Å². The molecule has 2 saturated carbocycles. The van der Waals surface area contributed by atoms with Gasteiger partial charge < -0.3 is 10.2 Å². The Morgan fingerprint density at radius 2 is 1.71 bits per heavy atom. The molecular weight excluding hydrogens is 447 g/mol. The van der Waals surface area contributed by atoms with Gasteiger partial charge in [-0.3, -0.25) is 9.59 Å². The maximum Gasteiger partial charge on any atom is 0.260 e. The summed E-state index contributed by atoms with van der Waals surface area (Å²) in [6.07, 6.45) is 10.7. The van der Waals surface area contributed by atoms with Crippen molar-refractivity contribution in [2.45, 2.75) is 75.2 Å². The zero-order chi connectivity index (χ0) is 23.5. The van der Waals surface area contributed by atoms with E-state index in [4.69, 9.17) is 0 Å². The Morgan fingerprint density at radius 3 is 2.47 bits per heavy atom. The number of rotatable bonds is 5. The van der Waals surface area contributed by atoms with Gasteiger partial charge in [-0.15, -0.1) is 11.8 Å². The highest BCUT2D eigenvalue weighted by atomic mass is 32.2. The number of thioether (sulfide) groups is 1. The van der Waals surface area contributed by atoms with Crippen LogP contribution in [0, 0.1) is 5.82 Å². The third-order valence-electron chi connectivity index (χ3n) is 7.28. The third-order valence-corrected chi connectivity index (χ3v) is 8.68. The first-order valence-electron chi connectivity index (χ1n) is 12.4. The number of carbonyl (C=O) groups excluding carboxylic acids is 2. The predicted octanol–water partition coefficient (Wildman–Crippen LogP) is 5.93. The summed E-state index contributed by atoms with van der Waals surface area (Å²) in [4.78, 5) is 28.6. The SMILES string of the molecule is O=C(NC1CCCC1)c1ccc(/C=C2\SC3CCCCC3N(Cc3ccccc3F)C2=O)cc1. The zero-order valence-corrected chi connectivity index (χ0v) is 20.2. The van der Waals surface area contributed by atoms with Gasteiger partial charge in [0, 0.05) is 35.0 Å². The second-order valence-electron chi connectivity index (χ2n) is 9.62. The summed E-state index contributed by atoms with van der Waals surface area (Å²) in [7, 11) is 0. The molecule has 3 aliphatic rings. The smallest absolute Gasteiger partial charge is 0.260 e. The van der Waals surface area contributed by atoms with Crippen LogP contribution in [0.3, 0.4) is 0 Å². The maximum atomic E-state index is 14.4. The molecule has 0 radical (unpaired) electrons. The molecule has 2 aromatic carbocycles. The predicted molar refractivity (Wildman–Crippen MR) is 135 cm³/mol. The number of nitrogens with one attached hydrogen (secondary N) is 1. The Labute approximate surface area is 205 Å². The maximum absolute atomic E-state index is 14.4. The van der Waals surface area contributed by atoms with Crippen LogP contribution in [0.2, 0.25) is 0 Å². The van der Waals surface area contributed by atoms with E-state index < -0.39 is 0 Å². The van der Waals surface area contributed by atoms with Crippen LogP contribution >= 0.6 is 11.8 Å². The number of hydrogen-bond acceptors (Lipinski definition) is 3. The number of benzene rings is 2. The zero-order valence-electron chi connectivity index (χ0n) is 19.3. The van der Waals surface area contributed by atoms with E-state index in [9.17, 15) is 14.0 Å². The molecule has 1 N–H and O–H groups in total. The Morgan fingerprint density at radius 1 is 1.00 bits per heavy atom. The van der Waals surface area contributed by atoms with Crippen LogP contribution in [0.4, 0.5) is 4.39 Å². The molecule has 1 aliphatic heterocycles. The second-order valence-corrected chi connectivity index (χ2v) is 10.9. The first-order valence-corrected chi connectivity index (χ1v) is 13.3. The Balaban J connectivity index is 1.34. The van der Waals surface area contributed by atoms with Crippen molar-refractivity contribution in [2.75, 3.05) is 0 Å². The molecule has 5 rings (SSSR count). The fraction of sp³-hybridized carbons (Fsp3) is 0.429. The summed E-state index contributed by atoms with van der Waals surface area (Å²) in [5.41, 5.74) is 2.10. The number of amides is 2. The van der Waals surface area contributed by atoms with Gasteiger partial charge in [-0.05, 0) is 55.5 Å². The first-order chi connectivity index (χ1) is 16.6. The fourth-order valence-electron chi connectivity index (χ4n) is 5.39. The lowest BCUT2D eigenvalue weighted by atomic mass is 9.92. The summed E-state index contributed by atoms with van der Waals surface area (Å²) < 4.78 is 14.4. The van der Waals surface area contributed by atoms with Gasteiger partial charge in [-0.25, -0.2) is 4.39 Å². The van der Waals surface area contributed by atoms with Crippen LogP contribution in [0.15, 0.2) is 53.4 Å². The van der Waals surface area contributed by atoms with Gasteiger partial charge in [0.25, 0.3) is 11.8 Å². The summed E-state index contributed by atoms with van der Waals surface area (Å²) >= 11 is 1.67. The van der Waals surface area contributed by atoms with Crippen LogP contribution in [-0.4, -0.2) is 34.0 Å². The molecule has 1 heterocycles. The molecule has 34 heavy (non-hydrogen) atoms. The minimum atomic E-state index is -0.266. The average Bonchev–Trinajstić information content (AvgIpc) is 3.36. The monoisotopic (exact) mass is 478 g/mol. The van der Waals surface area contributed by atoms with E-state index in [0.29, 0.717) is 27.8 Å². The van der Waals surface area contributed by atoms with Crippen molar-refractivity contribution in [3.05, 3.63) is 75.9 Å². The van der Waals surface area contributed by atoms with E-state index in [0.717, 1.165) is 44.1 Å². The van der Waals surface area contributed by atoms with Gasteiger partial charge in [-0.1, -0.05) is 56.0 Å². The molecule has 6 heteroatoms. The normalized spacial score (nSPS) is 24.3. The minimum Gasteiger partial charge on any atom is -0.349 e. The molecule has 2 aliphatic carbocycles. The standard InChI is InChI=1S/C28H31FN2O2S/c29-23-10-4-1-7-21(23)18-31-24-11-5-6-12-25(24)34-26(28(31)33)17-19-13-15-20(16-14-19)27(32)30-22-8-2-3-9-22/h1,4,7,10,13-17,22,24-25H,2-3,5-6,8-9,11-12,18H2,(H,30,32)/b26-17-. The number of fused-ring (bicyclic) bond motifs is 1. The number of hydrogen-bond donors (Lipinski definition) is 1. The van der Waals surface area contributed by atoms with E-state index in [1.54, 1.807) is 23.9 Å². The molecule has 0 aromatic heterocycles. The van der Waals surface area contributed by atoms with Crippen molar-refractivity contribution in [2.24, 2.45) is 0 Å². The van der Waals surface area contributed by atoms with Gasteiger partial charge in [0.2, 0.25) is 0 Å². The molecule has 3 fully saturated rings. The molecule has 1 saturated heterocycles. The molecule has 178 valence electrons. The van der Waals surface area contributed by atoms with Gasteiger partial charge in [0.15, 0.2) is 0 Å². The molecule has 2 amide bonds. The highest BCUT2D eigenvalue weighted by molar-refractivity contribution is 8.04. The van der Waals surface area contributed by atoms with E-state index in [1.165, 1.54) is 18.9 Å². The summed E-state index contributed by atoms with van der Waals surface area (Å²) in [6.45, 7) is 0.296.